The van der Waals surface area contributed by atoms with Gasteiger partial charge in [-0.25, -0.2) is 0 Å². The van der Waals surface area contributed by atoms with Gasteiger partial charge >= 0.3 is 0 Å². The van der Waals surface area contributed by atoms with Gasteiger partial charge in [0.15, 0.2) is 11.5 Å². The van der Waals surface area contributed by atoms with Crippen LogP contribution in [0.1, 0.15) is 34.6 Å². The summed E-state index contributed by atoms with van der Waals surface area (Å²) in [5.41, 5.74) is 5.05. The second-order valence-corrected chi connectivity index (χ2v) is 8.09. The highest BCUT2D eigenvalue weighted by Gasteiger charge is 2.40. The number of rotatable bonds is 4. The first-order valence-corrected chi connectivity index (χ1v) is 10.8. The number of nitrogens with one attached hydrogen (secondary N) is 1. The van der Waals surface area contributed by atoms with Crippen molar-refractivity contribution in [3.8, 4) is 17.2 Å². The minimum atomic E-state index is -0.200. The summed E-state index contributed by atoms with van der Waals surface area (Å²) >= 11 is 0. The van der Waals surface area contributed by atoms with Crippen molar-refractivity contribution in [3.63, 3.8) is 0 Å². The fraction of sp³-hybridized carbons (Fsp3) is 0.192. The SMILES string of the molecule is COc1ccc(C2Nc3onc(C)c3C(c3ccc4c(c3)OCO4)N2c2ccccc2)cc1. The van der Waals surface area contributed by atoms with Crippen molar-refractivity contribution in [2.75, 3.05) is 24.1 Å². The summed E-state index contributed by atoms with van der Waals surface area (Å²) in [7, 11) is 1.67. The number of aromatic nitrogens is 1. The number of aryl methyl sites for hydroxylation is 1. The highest BCUT2D eigenvalue weighted by molar-refractivity contribution is 5.65. The lowest BCUT2D eigenvalue weighted by Gasteiger charge is -2.44. The number of benzene rings is 3. The molecule has 1 N–H and O–H groups in total. The largest absolute Gasteiger partial charge is 0.497 e. The first-order valence-electron chi connectivity index (χ1n) is 10.8. The molecule has 0 spiro atoms. The van der Waals surface area contributed by atoms with E-state index in [0.717, 1.165) is 45.3 Å². The standard InChI is InChI=1S/C26H23N3O4/c1-16-23-24(18-10-13-21-22(14-18)32-15-31-21)29(19-6-4-3-5-7-19)25(27-26(23)33-28-16)17-8-11-20(30-2)12-9-17/h3-14,24-25,27H,15H2,1-2H3. The molecule has 0 saturated carbocycles. The third kappa shape index (κ3) is 3.24. The molecule has 0 radical (unpaired) electrons. The van der Waals surface area contributed by atoms with Crippen LogP contribution in [0, 0.1) is 6.92 Å². The van der Waals surface area contributed by atoms with Crippen LogP contribution < -0.4 is 24.4 Å². The van der Waals surface area contributed by atoms with Gasteiger partial charge in [0.1, 0.15) is 11.9 Å². The quantitative estimate of drug-likeness (QED) is 0.452. The molecule has 0 fully saturated rings. The fourth-order valence-electron chi connectivity index (χ4n) is 4.62. The predicted molar refractivity (Wildman–Crippen MR) is 124 cm³/mol. The van der Waals surface area contributed by atoms with Gasteiger partial charge in [-0.3, -0.25) is 0 Å². The number of nitrogens with zero attached hydrogens (tertiary/aromatic N) is 2. The lowest BCUT2D eigenvalue weighted by atomic mass is 9.92. The molecule has 2 aliphatic heterocycles. The van der Waals surface area contributed by atoms with E-state index in [4.69, 9.17) is 18.7 Å². The van der Waals surface area contributed by atoms with Gasteiger partial charge in [0, 0.05) is 5.69 Å². The summed E-state index contributed by atoms with van der Waals surface area (Å²) in [5.74, 6) is 2.98. The van der Waals surface area contributed by atoms with Gasteiger partial charge in [0.05, 0.1) is 24.4 Å². The number of para-hydroxylation sites is 1. The second-order valence-electron chi connectivity index (χ2n) is 8.09. The third-order valence-corrected chi connectivity index (χ3v) is 6.20. The van der Waals surface area contributed by atoms with Crippen molar-refractivity contribution in [2.24, 2.45) is 0 Å². The molecule has 0 bridgehead atoms. The van der Waals surface area contributed by atoms with Gasteiger partial charge in [0.2, 0.25) is 12.7 Å². The molecule has 1 aromatic heterocycles. The molecule has 3 aromatic carbocycles. The zero-order valence-corrected chi connectivity index (χ0v) is 18.3. The van der Waals surface area contributed by atoms with Crippen LogP contribution in [-0.2, 0) is 0 Å². The number of anilines is 2. The van der Waals surface area contributed by atoms with Crippen molar-refractivity contribution >= 4 is 11.6 Å². The van der Waals surface area contributed by atoms with E-state index in [0.29, 0.717) is 5.88 Å². The Morgan fingerprint density at radius 3 is 2.48 bits per heavy atom. The van der Waals surface area contributed by atoms with Crippen LogP contribution in [0.2, 0.25) is 0 Å². The highest BCUT2D eigenvalue weighted by Crippen LogP contribution is 2.49. The summed E-state index contributed by atoms with van der Waals surface area (Å²) < 4.78 is 22.4. The van der Waals surface area contributed by atoms with E-state index in [1.165, 1.54) is 0 Å². The van der Waals surface area contributed by atoms with Gasteiger partial charge in [-0.2, -0.15) is 0 Å². The number of hydrogen-bond donors (Lipinski definition) is 1. The minimum Gasteiger partial charge on any atom is -0.497 e. The number of hydrogen-bond acceptors (Lipinski definition) is 7. The van der Waals surface area contributed by atoms with Crippen molar-refractivity contribution in [1.29, 1.82) is 0 Å². The molecule has 2 unspecified atom stereocenters. The Labute approximate surface area is 191 Å². The van der Waals surface area contributed by atoms with Gasteiger partial charge in [-0.05, 0) is 54.4 Å². The predicted octanol–water partition coefficient (Wildman–Crippen LogP) is 5.44. The fourth-order valence-corrected chi connectivity index (χ4v) is 4.62. The Bertz CT molecular complexity index is 1290. The van der Waals surface area contributed by atoms with E-state index in [-0.39, 0.29) is 19.0 Å². The normalized spacial score (nSPS) is 18.5. The second kappa shape index (κ2) is 7.78. The highest BCUT2D eigenvalue weighted by atomic mass is 16.7. The maximum Gasteiger partial charge on any atom is 0.232 e. The van der Waals surface area contributed by atoms with Crippen molar-refractivity contribution in [3.05, 3.63) is 95.2 Å². The summed E-state index contributed by atoms with van der Waals surface area (Å²) in [6, 6.07) is 24.4. The van der Waals surface area contributed by atoms with E-state index in [1.54, 1.807) is 7.11 Å². The molecule has 4 aromatic rings. The van der Waals surface area contributed by atoms with Gasteiger partial charge in [-0.1, -0.05) is 41.6 Å². The average molecular weight is 441 g/mol. The van der Waals surface area contributed by atoms with E-state index in [2.05, 4.69) is 51.8 Å². The van der Waals surface area contributed by atoms with E-state index < -0.39 is 0 Å². The minimum absolute atomic E-state index is 0.156. The van der Waals surface area contributed by atoms with Crippen LogP contribution in [0.3, 0.4) is 0 Å². The summed E-state index contributed by atoms with van der Waals surface area (Å²) in [6.45, 7) is 2.21. The van der Waals surface area contributed by atoms with Gasteiger partial charge < -0.3 is 29.0 Å². The molecular formula is C26H23N3O4. The van der Waals surface area contributed by atoms with Crippen molar-refractivity contribution in [2.45, 2.75) is 19.1 Å². The molecule has 2 aliphatic rings. The first kappa shape index (κ1) is 19.5. The summed E-state index contributed by atoms with van der Waals surface area (Å²) in [5, 5.41) is 7.86. The van der Waals surface area contributed by atoms with E-state index >= 15 is 0 Å². The Morgan fingerprint density at radius 2 is 1.70 bits per heavy atom. The van der Waals surface area contributed by atoms with Crippen LogP contribution in [0.4, 0.5) is 11.6 Å². The molecular weight excluding hydrogens is 418 g/mol. The van der Waals surface area contributed by atoms with E-state index in [1.807, 2.05) is 43.3 Å². The molecule has 166 valence electrons. The maximum atomic E-state index is 5.74. The lowest BCUT2D eigenvalue weighted by molar-refractivity contribution is 0.174. The summed E-state index contributed by atoms with van der Waals surface area (Å²) in [4.78, 5) is 2.35. The number of methoxy groups -OCH3 is 1. The maximum absolute atomic E-state index is 5.74. The average Bonchev–Trinajstić information content (AvgIpc) is 3.49. The van der Waals surface area contributed by atoms with Crippen LogP contribution in [0.25, 0.3) is 0 Å². The molecule has 0 amide bonds. The van der Waals surface area contributed by atoms with Crippen molar-refractivity contribution < 1.29 is 18.7 Å². The number of ether oxygens (including phenoxy) is 3. The Balaban J connectivity index is 1.55. The molecule has 2 atom stereocenters. The van der Waals surface area contributed by atoms with Crippen LogP contribution in [-0.4, -0.2) is 19.1 Å². The zero-order valence-electron chi connectivity index (χ0n) is 18.3. The molecule has 7 nitrogen and oxygen atoms in total. The topological polar surface area (TPSA) is 69.0 Å². The lowest BCUT2D eigenvalue weighted by Crippen LogP contribution is -2.41. The molecule has 7 heteroatoms. The summed E-state index contributed by atoms with van der Waals surface area (Å²) in [6.07, 6.45) is -0.200. The van der Waals surface area contributed by atoms with Crippen LogP contribution in [0.5, 0.6) is 17.2 Å². The zero-order chi connectivity index (χ0) is 22.4. The monoisotopic (exact) mass is 441 g/mol. The molecule has 0 aliphatic carbocycles. The van der Waals surface area contributed by atoms with Crippen LogP contribution in [0.15, 0.2) is 77.3 Å². The molecule has 0 saturated heterocycles. The smallest absolute Gasteiger partial charge is 0.232 e. The van der Waals surface area contributed by atoms with Crippen LogP contribution >= 0.6 is 0 Å². The first-order chi connectivity index (χ1) is 16.2. The van der Waals surface area contributed by atoms with E-state index in [9.17, 15) is 0 Å². The Kier molecular flexibility index (Phi) is 4.61. The molecule has 6 rings (SSSR count). The Morgan fingerprint density at radius 1 is 0.939 bits per heavy atom. The third-order valence-electron chi connectivity index (χ3n) is 6.20. The van der Waals surface area contributed by atoms with Gasteiger partial charge in [0.25, 0.3) is 0 Å². The Hall–Kier alpha value is -4.13. The molecule has 3 heterocycles. The van der Waals surface area contributed by atoms with Gasteiger partial charge in [-0.15, -0.1) is 0 Å². The van der Waals surface area contributed by atoms with Crippen molar-refractivity contribution in [1.82, 2.24) is 5.16 Å². The molecule has 33 heavy (non-hydrogen) atoms. The number of fused-ring (bicyclic) bond motifs is 2.